The topological polar surface area (TPSA) is 70.2 Å². The molecular weight excluding hydrogens is 246 g/mol. The number of nitrogens with zero attached hydrogens (tertiary/aromatic N) is 3. The number of ether oxygens (including phenoxy) is 1. The average molecular weight is 261 g/mol. The summed E-state index contributed by atoms with van der Waals surface area (Å²) in [7, 11) is 1.61. The zero-order chi connectivity index (χ0) is 14.0. The van der Waals surface area contributed by atoms with Gasteiger partial charge in [-0.15, -0.1) is 0 Å². The van der Waals surface area contributed by atoms with E-state index in [1.54, 1.807) is 25.6 Å². The fourth-order valence-electron chi connectivity index (χ4n) is 2.01. The van der Waals surface area contributed by atoms with E-state index in [-0.39, 0.29) is 10.6 Å². The maximum Gasteiger partial charge on any atom is 0.312 e. The summed E-state index contributed by atoms with van der Waals surface area (Å²) in [5.74, 6) is 0.781. The monoisotopic (exact) mass is 261 g/mol. The lowest BCUT2D eigenvalue weighted by molar-refractivity contribution is -0.386. The first-order valence-corrected chi connectivity index (χ1v) is 5.84. The molecule has 0 unspecified atom stereocenters. The molecule has 0 aliphatic carbocycles. The number of hydrogen-bond acceptors (Lipinski definition) is 4. The van der Waals surface area contributed by atoms with Crippen molar-refractivity contribution in [3.8, 4) is 5.75 Å². The Morgan fingerprint density at radius 3 is 2.42 bits per heavy atom. The Bertz CT molecular complexity index is 602. The predicted octanol–water partition coefficient (Wildman–Crippen LogP) is 2.47. The van der Waals surface area contributed by atoms with Gasteiger partial charge in [-0.2, -0.15) is 5.10 Å². The summed E-state index contributed by atoms with van der Waals surface area (Å²) in [6, 6.07) is 7.55. The number of nitro groups is 1. The second kappa shape index (κ2) is 5.09. The van der Waals surface area contributed by atoms with Crippen molar-refractivity contribution >= 4 is 5.69 Å². The fourth-order valence-corrected chi connectivity index (χ4v) is 2.01. The maximum atomic E-state index is 10.9. The summed E-state index contributed by atoms with van der Waals surface area (Å²) in [4.78, 5) is 10.5. The van der Waals surface area contributed by atoms with Crippen LogP contribution in [0.3, 0.4) is 0 Å². The molecule has 0 aliphatic rings. The highest BCUT2D eigenvalue weighted by molar-refractivity contribution is 5.40. The van der Waals surface area contributed by atoms with E-state index in [2.05, 4.69) is 5.10 Å². The smallest absolute Gasteiger partial charge is 0.312 e. The van der Waals surface area contributed by atoms with Crippen LogP contribution in [-0.2, 0) is 6.54 Å². The summed E-state index contributed by atoms with van der Waals surface area (Å²) >= 11 is 0. The van der Waals surface area contributed by atoms with Crippen molar-refractivity contribution in [1.29, 1.82) is 0 Å². The Kier molecular flexibility index (Phi) is 3.50. The molecule has 0 N–H and O–H groups in total. The molecule has 0 atom stereocenters. The van der Waals surface area contributed by atoms with Crippen LogP contribution in [-0.4, -0.2) is 21.8 Å². The second-order valence-corrected chi connectivity index (χ2v) is 4.28. The largest absolute Gasteiger partial charge is 0.497 e. The molecule has 0 bridgehead atoms. The highest BCUT2D eigenvalue weighted by Gasteiger charge is 2.21. The van der Waals surface area contributed by atoms with E-state index < -0.39 is 0 Å². The zero-order valence-electron chi connectivity index (χ0n) is 11.1. The summed E-state index contributed by atoms with van der Waals surface area (Å²) in [5, 5.41) is 15.1. The van der Waals surface area contributed by atoms with Gasteiger partial charge in [0.2, 0.25) is 0 Å². The molecule has 1 aromatic carbocycles. The molecular formula is C13H15N3O3. The van der Waals surface area contributed by atoms with Gasteiger partial charge in [0.15, 0.2) is 0 Å². The third-order valence-electron chi connectivity index (χ3n) is 3.02. The van der Waals surface area contributed by atoms with E-state index in [4.69, 9.17) is 4.74 Å². The first kappa shape index (κ1) is 13.1. The van der Waals surface area contributed by atoms with Gasteiger partial charge in [0, 0.05) is 0 Å². The minimum atomic E-state index is -0.387. The highest BCUT2D eigenvalue weighted by atomic mass is 16.6. The van der Waals surface area contributed by atoms with E-state index in [1.165, 1.54) is 0 Å². The maximum absolute atomic E-state index is 10.9. The van der Waals surface area contributed by atoms with Crippen LogP contribution in [0.1, 0.15) is 17.0 Å². The Morgan fingerprint density at radius 1 is 1.32 bits per heavy atom. The van der Waals surface area contributed by atoms with E-state index in [9.17, 15) is 10.1 Å². The van der Waals surface area contributed by atoms with Gasteiger partial charge in [-0.05, 0) is 31.5 Å². The third kappa shape index (κ3) is 2.57. The fraction of sp³-hybridized carbons (Fsp3) is 0.308. The molecule has 1 aromatic heterocycles. The quantitative estimate of drug-likeness (QED) is 0.626. The van der Waals surface area contributed by atoms with Crippen molar-refractivity contribution < 1.29 is 9.66 Å². The molecule has 19 heavy (non-hydrogen) atoms. The van der Waals surface area contributed by atoms with E-state index in [0.717, 1.165) is 11.3 Å². The summed E-state index contributed by atoms with van der Waals surface area (Å²) in [6.45, 7) is 3.86. The van der Waals surface area contributed by atoms with Crippen LogP contribution in [0.2, 0.25) is 0 Å². The molecule has 1 heterocycles. The molecule has 0 fully saturated rings. The van der Waals surface area contributed by atoms with Crippen LogP contribution in [0.15, 0.2) is 24.3 Å². The molecule has 6 heteroatoms. The molecule has 2 aromatic rings. The lowest BCUT2D eigenvalue weighted by atomic mass is 10.2. The normalized spacial score (nSPS) is 10.5. The van der Waals surface area contributed by atoms with Crippen molar-refractivity contribution in [2.45, 2.75) is 20.4 Å². The second-order valence-electron chi connectivity index (χ2n) is 4.28. The summed E-state index contributed by atoms with van der Waals surface area (Å²) < 4.78 is 6.73. The highest BCUT2D eigenvalue weighted by Crippen LogP contribution is 2.22. The molecule has 0 amide bonds. The summed E-state index contributed by atoms with van der Waals surface area (Å²) in [5.41, 5.74) is 2.11. The number of benzene rings is 1. The zero-order valence-corrected chi connectivity index (χ0v) is 11.1. The van der Waals surface area contributed by atoms with Gasteiger partial charge in [-0.1, -0.05) is 12.1 Å². The van der Waals surface area contributed by atoms with Crippen molar-refractivity contribution in [1.82, 2.24) is 9.78 Å². The van der Waals surface area contributed by atoms with E-state index >= 15 is 0 Å². The lowest BCUT2D eigenvalue weighted by Gasteiger charge is -2.05. The van der Waals surface area contributed by atoms with E-state index in [1.807, 2.05) is 24.3 Å². The Labute approximate surface area is 110 Å². The Morgan fingerprint density at radius 2 is 1.95 bits per heavy atom. The Hall–Kier alpha value is -2.37. The number of methoxy groups -OCH3 is 1. The Balaban J connectivity index is 2.28. The minimum absolute atomic E-state index is 0.0912. The standard InChI is InChI=1S/C13H15N3O3/c1-9-13(16(17)18)10(2)15(14-9)8-11-4-6-12(19-3)7-5-11/h4-7H,8H2,1-3H3. The molecule has 2 rings (SSSR count). The number of hydrogen-bond donors (Lipinski definition) is 0. The first-order chi connectivity index (χ1) is 9.02. The van der Waals surface area contributed by atoms with Gasteiger partial charge in [0.25, 0.3) is 0 Å². The van der Waals surface area contributed by atoms with Crippen LogP contribution in [0.4, 0.5) is 5.69 Å². The predicted molar refractivity (Wildman–Crippen MR) is 70.5 cm³/mol. The van der Waals surface area contributed by atoms with Crippen LogP contribution in [0.25, 0.3) is 0 Å². The van der Waals surface area contributed by atoms with Gasteiger partial charge in [0.1, 0.15) is 17.1 Å². The lowest BCUT2D eigenvalue weighted by Crippen LogP contribution is -2.04. The first-order valence-electron chi connectivity index (χ1n) is 5.84. The van der Waals surface area contributed by atoms with Crippen LogP contribution >= 0.6 is 0 Å². The molecule has 0 radical (unpaired) electrons. The third-order valence-corrected chi connectivity index (χ3v) is 3.02. The molecule has 0 saturated carbocycles. The van der Waals surface area contributed by atoms with Crippen LogP contribution < -0.4 is 4.74 Å². The van der Waals surface area contributed by atoms with Crippen molar-refractivity contribution in [2.75, 3.05) is 7.11 Å². The molecule has 0 saturated heterocycles. The number of aryl methyl sites for hydroxylation is 1. The minimum Gasteiger partial charge on any atom is -0.497 e. The molecule has 100 valence electrons. The van der Waals surface area contributed by atoms with Crippen molar-refractivity contribution in [2.24, 2.45) is 0 Å². The van der Waals surface area contributed by atoms with Gasteiger partial charge in [-0.25, -0.2) is 0 Å². The van der Waals surface area contributed by atoms with Gasteiger partial charge < -0.3 is 4.74 Å². The van der Waals surface area contributed by atoms with Crippen LogP contribution in [0.5, 0.6) is 5.75 Å². The molecule has 0 spiro atoms. The van der Waals surface area contributed by atoms with Gasteiger partial charge in [-0.3, -0.25) is 14.8 Å². The SMILES string of the molecule is COc1ccc(Cn2nc(C)c([N+](=O)[O-])c2C)cc1. The number of aromatic nitrogens is 2. The van der Waals surface area contributed by atoms with Crippen LogP contribution in [0, 0.1) is 24.0 Å². The van der Waals surface area contributed by atoms with Gasteiger partial charge in [0.05, 0.1) is 18.6 Å². The van der Waals surface area contributed by atoms with Crippen molar-refractivity contribution in [3.63, 3.8) is 0 Å². The molecule has 6 nitrogen and oxygen atoms in total. The average Bonchev–Trinajstić information content (AvgIpc) is 2.65. The summed E-state index contributed by atoms with van der Waals surface area (Å²) in [6.07, 6.45) is 0. The van der Waals surface area contributed by atoms with Gasteiger partial charge >= 0.3 is 5.69 Å². The van der Waals surface area contributed by atoms with Crippen molar-refractivity contribution in [3.05, 3.63) is 51.3 Å². The number of rotatable bonds is 4. The van der Waals surface area contributed by atoms with E-state index in [0.29, 0.717) is 17.9 Å². The molecule has 0 aliphatic heterocycles.